The number of anilines is 1. The number of aromatic nitrogens is 3. The van der Waals surface area contributed by atoms with Crippen molar-refractivity contribution in [2.24, 2.45) is 0 Å². The zero-order valence-electron chi connectivity index (χ0n) is 26.0. The minimum absolute atomic E-state index is 0.119. The molecule has 5 rings (SSSR count). The highest BCUT2D eigenvalue weighted by Crippen LogP contribution is 2.44. The second kappa shape index (κ2) is 12.5. The van der Waals surface area contributed by atoms with E-state index in [1.165, 1.54) is 16.7 Å². The van der Waals surface area contributed by atoms with Gasteiger partial charge in [-0.15, -0.1) is 0 Å². The molecule has 2 atom stereocenters. The van der Waals surface area contributed by atoms with Crippen molar-refractivity contribution in [1.82, 2.24) is 19.4 Å². The van der Waals surface area contributed by atoms with E-state index in [9.17, 15) is 28.7 Å². The first-order chi connectivity index (χ1) is 22.2. The van der Waals surface area contributed by atoms with E-state index in [4.69, 9.17) is 23.2 Å². The zero-order valence-corrected chi connectivity index (χ0v) is 27.5. The van der Waals surface area contributed by atoms with Crippen LogP contribution in [0.25, 0.3) is 28.0 Å². The first-order valence-corrected chi connectivity index (χ1v) is 15.3. The van der Waals surface area contributed by atoms with Gasteiger partial charge in [-0.2, -0.15) is 9.65 Å². The van der Waals surface area contributed by atoms with E-state index < -0.39 is 45.0 Å². The number of aromatic hydroxyl groups is 1. The van der Waals surface area contributed by atoms with Crippen molar-refractivity contribution < 1.29 is 23.1 Å². The lowest BCUT2D eigenvalue weighted by Crippen LogP contribution is -2.58. The summed E-state index contributed by atoms with van der Waals surface area (Å²) in [5.74, 6) is -7.49. The van der Waals surface area contributed by atoms with Crippen LogP contribution in [0.3, 0.4) is 0 Å². The Bertz CT molecular complexity index is 2050. The van der Waals surface area contributed by atoms with Gasteiger partial charge in [-0.1, -0.05) is 43.6 Å². The molecular weight excluding hydrogens is 656 g/mol. The van der Waals surface area contributed by atoms with Crippen molar-refractivity contribution >= 4 is 45.8 Å². The molecule has 4 heterocycles. The van der Waals surface area contributed by atoms with Crippen LogP contribution in [0.15, 0.2) is 35.8 Å². The molecule has 0 saturated carbocycles. The monoisotopic (exact) mass is 684 g/mol. The molecule has 9 nitrogen and oxygen atoms in total. The summed E-state index contributed by atoms with van der Waals surface area (Å²) in [6.07, 6.45) is 2.79. The lowest BCUT2D eigenvalue weighted by Gasteiger charge is -2.45. The maximum absolute atomic E-state index is 15.3. The molecule has 47 heavy (non-hydrogen) atoms. The molecule has 0 bridgehead atoms. The number of hydrogen-bond donors (Lipinski definition) is 1. The Balaban J connectivity index is 1.95. The number of hydrogen-bond acceptors (Lipinski definition) is 7. The third-order valence-electron chi connectivity index (χ3n) is 8.25. The van der Waals surface area contributed by atoms with Crippen molar-refractivity contribution in [3.63, 3.8) is 0 Å². The number of aryl methyl sites for hydroxylation is 1. The van der Waals surface area contributed by atoms with Crippen LogP contribution in [-0.4, -0.2) is 55.6 Å². The molecule has 1 aromatic carbocycles. The van der Waals surface area contributed by atoms with Gasteiger partial charge >= 0.3 is 0 Å². The van der Waals surface area contributed by atoms with Gasteiger partial charge in [0.2, 0.25) is 11.7 Å². The Hall–Kier alpha value is -4.60. The van der Waals surface area contributed by atoms with Gasteiger partial charge in [0.1, 0.15) is 17.3 Å². The number of benzene rings is 1. The van der Waals surface area contributed by atoms with Crippen molar-refractivity contribution in [2.75, 3.05) is 18.0 Å². The topological polar surface area (TPSA) is 115 Å². The zero-order chi connectivity index (χ0) is 34.6. The first kappa shape index (κ1) is 33.8. The fourth-order valence-electron chi connectivity index (χ4n) is 6.24. The third-order valence-corrected chi connectivity index (χ3v) is 8.91. The summed E-state index contributed by atoms with van der Waals surface area (Å²) in [5.41, 5.74) is -0.915. The average Bonchev–Trinajstić information content (AvgIpc) is 3.02. The van der Waals surface area contributed by atoms with Crippen molar-refractivity contribution in [1.29, 1.82) is 5.26 Å². The summed E-state index contributed by atoms with van der Waals surface area (Å²) in [5, 5.41) is 19.6. The Labute approximate surface area is 278 Å². The number of carbonyl (C=O) groups is 1. The number of rotatable bonds is 5. The maximum Gasteiger partial charge on any atom is 0.276 e. The second-order valence-electron chi connectivity index (χ2n) is 11.7. The molecule has 0 spiro atoms. The lowest BCUT2D eigenvalue weighted by molar-refractivity contribution is -0.130. The lowest BCUT2D eigenvalue weighted by atomic mass is 10.0. The van der Waals surface area contributed by atoms with Crippen LogP contribution in [0.5, 0.6) is 5.75 Å². The quantitative estimate of drug-likeness (QED) is 0.140. The van der Waals surface area contributed by atoms with E-state index >= 15 is 4.39 Å². The van der Waals surface area contributed by atoms with Gasteiger partial charge in [0, 0.05) is 36.8 Å². The third kappa shape index (κ3) is 5.37. The van der Waals surface area contributed by atoms with Crippen LogP contribution in [0.2, 0.25) is 10.0 Å². The number of nitriles is 1. The Kier molecular flexibility index (Phi) is 9.01. The van der Waals surface area contributed by atoms with Crippen LogP contribution in [-0.2, 0) is 4.79 Å². The van der Waals surface area contributed by atoms with E-state index in [2.05, 4.69) is 16.5 Å². The van der Waals surface area contributed by atoms with E-state index in [0.717, 1.165) is 0 Å². The Morgan fingerprint density at radius 2 is 1.79 bits per heavy atom. The normalized spacial score (nSPS) is 16.6. The largest absolute Gasteiger partial charge is 0.504 e. The number of carbonyl (C=O) groups excluding carboxylic acids is 1. The summed E-state index contributed by atoms with van der Waals surface area (Å²) < 4.78 is 45.3. The molecule has 14 heteroatoms. The van der Waals surface area contributed by atoms with E-state index in [1.807, 2.05) is 33.8 Å². The summed E-state index contributed by atoms with van der Waals surface area (Å²) >= 11 is 12.8. The van der Waals surface area contributed by atoms with Gasteiger partial charge < -0.3 is 14.9 Å². The number of halogens is 5. The second-order valence-corrected chi connectivity index (χ2v) is 12.5. The summed E-state index contributed by atoms with van der Waals surface area (Å²) in [4.78, 5) is 39.6. The molecule has 0 radical (unpaired) electrons. The maximum atomic E-state index is 15.3. The summed E-state index contributed by atoms with van der Waals surface area (Å²) in [6, 6.07) is 4.29. The van der Waals surface area contributed by atoms with Gasteiger partial charge in [-0.3, -0.25) is 19.1 Å². The number of phenols is 1. The molecule has 3 aromatic heterocycles. The number of piperazine rings is 1. The van der Waals surface area contributed by atoms with Crippen molar-refractivity contribution in [3.05, 3.63) is 85.7 Å². The number of fused-ring (bicyclic) bond motifs is 1. The molecule has 1 aliphatic rings. The predicted octanol–water partition coefficient (Wildman–Crippen LogP) is 6.79. The smallest absolute Gasteiger partial charge is 0.276 e. The van der Waals surface area contributed by atoms with Crippen molar-refractivity contribution in [3.8, 4) is 28.8 Å². The van der Waals surface area contributed by atoms with Gasteiger partial charge in [-0.25, -0.2) is 13.8 Å². The molecule has 1 N–H and O–H groups in total. The molecule has 0 unspecified atom stereocenters. The predicted molar refractivity (Wildman–Crippen MR) is 174 cm³/mol. The van der Waals surface area contributed by atoms with Crippen molar-refractivity contribution in [2.45, 2.75) is 52.6 Å². The van der Waals surface area contributed by atoms with Gasteiger partial charge in [0.15, 0.2) is 17.4 Å². The van der Waals surface area contributed by atoms with Crippen LogP contribution < -0.4 is 10.5 Å². The summed E-state index contributed by atoms with van der Waals surface area (Å²) in [7, 11) is 0. The molecule has 0 aliphatic carbocycles. The van der Waals surface area contributed by atoms with Gasteiger partial charge in [0.05, 0.1) is 38.4 Å². The van der Waals surface area contributed by atoms with E-state index in [-0.39, 0.29) is 64.3 Å². The molecule has 1 saturated heterocycles. The fraction of sp³-hybridized carbons (Fsp3) is 0.303. The van der Waals surface area contributed by atoms with Crippen LogP contribution >= 0.6 is 23.2 Å². The van der Waals surface area contributed by atoms with Crippen LogP contribution in [0, 0.1) is 35.7 Å². The number of amides is 1. The Morgan fingerprint density at radius 3 is 2.36 bits per heavy atom. The molecule has 1 amide bonds. The fourth-order valence-corrected chi connectivity index (χ4v) is 6.74. The number of pyridine rings is 3. The highest BCUT2D eigenvalue weighted by Gasteiger charge is 2.36. The minimum Gasteiger partial charge on any atom is -0.504 e. The molecule has 1 fully saturated rings. The summed E-state index contributed by atoms with van der Waals surface area (Å²) in [6.45, 7) is 13.1. The molecule has 1 aliphatic heterocycles. The van der Waals surface area contributed by atoms with E-state index in [1.54, 1.807) is 29.0 Å². The Morgan fingerprint density at radius 1 is 1.15 bits per heavy atom. The number of nitrogens with zero attached hydrogens (tertiary/aromatic N) is 6. The molecular formula is C33H29Cl2F3N6O3. The SMILES string of the molecule is C=CC(=O)N1[C@H](C)CN(c2c(C#N)c(=O)n(-c3c(C)ccnc3C(C)C)c3nc(-c4c(F)c(F)c(F)c(O)c4Cl)c(Cl)cc23)C[C@@H]1C. The van der Waals surface area contributed by atoms with Crippen LogP contribution in [0.4, 0.5) is 18.9 Å². The van der Waals surface area contributed by atoms with Gasteiger partial charge in [0.25, 0.3) is 5.56 Å². The number of phenolic OH excluding ortho intramolecular Hbond substituents is 1. The average molecular weight is 686 g/mol. The van der Waals surface area contributed by atoms with E-state index in [0.29, 0.717) is 16.9 Å². The molecule has 4 aromatic rings. The standard InChI is InChI=1S/C33H29Cl2F3N6O3/c1-7-21(45)43-16(5)12-42(13-17(43)6)30-18-10-20(34)28(22-23(35)31(46)26(38)25(37)24(22)36)41-32(18)44(33(47)19(30)11-39)29-15(4)8-9-40-27(29)14(2)3/h7-10,14,16-17,46H,1,12-13H2,2-6H3/t16-,17+. The van der Waals surface area contributed by atoms with Crippen LogP contribution in [0.1, 0.15) is 50.4 Å². The first-order valence-electron chi connectivity index (χ1n) is 14.6. The highest BCUT2D eigenvalue weighted by molar-refractivity contribution is 6.37. The highest BCUT2D eigenvalue weighted by atomic mass is 35.5. The molecule has 244 valence electrons. The minimum atomic E-state index is -2.00. The van der Waals surface area contributed by atoms with Gasteiger partial charge in [-0.05, 0) is 50.5 Å².